The average Bonchev–Trinajstić information content (AvgIpc) is 3.37. The number of para-hydroxylation sites is 2. The number of ether oxygens (including phenoxy) is 2. The third-order valence-corrected chi connectivity index (χ3v) is 5.85. The van der Waals surface area contributed by atoms with Gasteiger partial charge in [0.25, 0.3) is 0 Å². The third-order valence-electron chi connectivity index (χ3n) is 5.85. The van der Waals surface area contributed by atoms with Crippen LogP contribution in [0.4, 0.5) is 5.95 Å². The van der Waals surface area contributed by atoms with Crippen molar-refractivity contribution in [3.05, 3.63) is 41.7 Å². The quantitative estimate of drug-likeness (QED) is 0.744. The van der Waals surface area contributed by atoms with Crippen LogP contribution in [0.5, 0.6) is 11.5 Å². The Morgan fingerprint density at radius 3 is 2.62 bits per heavy atom. The Kier molecular flexibility index (Phi) is 6.16. The van der Waals surface area contributed by atoms with E-state index in [1.807, 2.05) is 44.2 Å². The number of rotatable bonds is 7. The minimum Gasteiger partial charge on any atom is -0.493 e. The van der Waals surface area contributed by atoms with E-state index in [4.69, 9.17) is 9.47 Å². The van der Waals surface area contributed by atoms with Crippen LogP contribution in [0.25, 0.3) is 0 Å². The number of aryl methyl sites for hydroxylation is 2. The van der Waals surface area contributed by atoms with Gasteiger partial charge in [-0.05, 0) is 57.2 Å². The molecule has 3 atom stereocenters. The number of hydrogen-bond donors (Lipinski definition) is 2. The maximum Gasteiger partial charge on any atom is 0.225 e. The summed E-state index contributed by atoms with van der Waals surface area (Å²) in [5.74, 6) is 3.06. The summed E-state index contributed by atoms with van der Waals surface area (Å²) in [6.45, 7) is 6.76. The molecule has 2 aromatic rings. The molecule has 3 unspecified atom stereocenters. The molecule has 1 aromatic carbocycles. The van der Waals surface area contributed by atoms with E-state index >= 15 is 0 Å². The highest BCUT2D eigenvalue weighted by Gasteiger charge is 2.35. The maximum atomic E-state index is 5.93. The Labute approximate surface area is 172 Å². The lowest BCUT2D eigenvalue weighted by atomic mass is 9.94. The van der Waals surface area contributed by atoms with Crippen molar-refractivity contribution >= 4 is 5.95 Å². The Bertz CT molecular complexity index is 810. The van der Waals surface area contributed by atoms with Crippen LogP contribution >= 0.6 is 0 Å². The molecule has 1 aromatic heterocycles. The highest BCUT2D eigenvalue weighted by atomic mass is 16.5. The van der Waals surface area contributed by atoms with Crippen molar-refractivity contribution in [2.75, 3.05) is 31.7 Å². The minimum atomic E-state index is 0.418. The van der Waals surface area contributed by atoms with E-state index in [9.17, 15) is 0 Å². The van der Waals surface area contributed by atoms with Crippen LogP contribution in [0.2, 0.25) is 0 Å². The predicted molar refractivity (Wildman–Crippen MR) is 113 cm³/mol. The molecule has 0 spiro atoms. The molecular weight excluding hydrogens is 366 g/mol. The minimum absolute atomic E-state index is 0.418. The normalized spacial score (nSPS) is 24.1. The molecule has 2 aliphatic rings. The van der Waals surface area contributed by atoms with E-state index in [0.29, 0.717) is 24.6 Å². The van der Waals surface area contributed by atoms with Crippen LogP contribution in [-0.2, 0) is 0 Å². The molecule has 7 nitrogen and oxygen atoms in total. The summed E-state index contributed by atoms with van der Waals surface area (Å²) in [7, 11) is 1.67. The summed E-state index contributed by atoms with van der Waals surface area (Å²) >= 11 is 0. The van der Waals surface area contributed by atoms with Crippen LogP contribution in [0.1, 0.15) is 30.7 Å². The fourth-order valence-corrected chi connectivity index (χ4v) is 4.34. The number of benzene rings is 1. The second-order valence-corrected chi connectivity index (χ2v) is 8.06. The third kappa shape index (κ3) is 4.79. The molecule has 0 amide bonds. The highest BCUT2D eigenvalue weighted by Crippen LogP contribution is 2.29. The zero-order chi connectivity index (χ0) is 20.2. The number of hydrazine groups is 1. The molecule has 7 heteroatoms. The molecule has 156 valence electrons. The molecule has 29 heavy (non-hydrogen) atoms. The number of nitrogens with one attached hydrogen (secondary N) is 2. The summed E-state index contributed by atoms with van der Waals surface area (Å²) in [6.07, 6.45) is 3.24. The van der Waals surface area contributed by atoms with Gasteiger partial charge in [0, 0.05) is 36.6 Å². The number of aromatic nitrogens is 2. The molecule has 2 aliphatic heterocycles. The molecule has 0 bridgehead atoms. The monoisotopic (exact) mass is 397 g/mol. The topological polar surface area (TPSA) is 71.5 Å². The number of methoxy groups -OCH3 is 1. The fraction of sp³-hybridized carbons (Fsp3) is 0.545. The first kappa shape index (κ1) is 19.9. The van der Waals surface area contributed by atoms with Gasteiger partial charge in [0.05, 0.1) is 13.7 Å². The van der Waals surface area contributed by atoms with Crippen LogP contribution in [-0.4, -0.2) is 48.9 Å². The predicted octanol–water partition coefficient (Wildman–Crippen LogP) is 2.63. The Morgan fingerprint density at radius 2 is 1.86 bits per heavy atom. The van der Waals surface area contributed by atoms with E-state index in [0.717, 1.165) is 54.8 Å². The van der Waals surface area contributed by atoms with Gasteiger partial charge in [-0.1, -0.05) is 12.1 Å². The summed E-state index contributed by atoms with van der Waals surface area (Å²) in [6, 6.07) is 10.7. The van der Waals surface area contributed by atoms with Crippen LogP contribution in [0.15, 0.2) is 30.3 Å². The van der Waals surface area contributed by atoms with Gasteiger partial charge in [-0.3, -0.25) is 10.9 Å². The van der Waals surface area contributed by atoms with Crippen LogP contribution in [0, 0.1) is 19.8 Å². The van der Waals surface area contributed by atoms with E-state index in [1.54, 1.807) is 7.11 Å². The lowest BCUT2D eigenvalue weighted by molar-refractivity contribution is 0.273. The number of nitrogens with zero attached hydrogens (tertiary/aromatic N) is 3. The first-order valence-electron chi connectivity index (χ1n) is 10.5. The van der Waals surface area contributed by atoms with E-state index in [-0.39, 0.29) is 0 Å². The van der Waals surface area contributed by atoms with Crippen molar-refractivity contribution in [3.8, 4) is 11.5 Å². The Balaban J connectivity index is 1.25. The second-order valence-electron chi connectivity index (χ2n) is 8.06. The highest BCUT2D eigenvalue weighted by molar-refractivity contribution is 5.39. The van der Waals surface area contributed by atoms with Crippen molar-refractivity contribution in [2.24, 2.45) is 5.92 Å². The zero-order valence-electron chi connectivity index (χ0n) is 17.5. The Hall–Kier alpha value is -2.38. The SMILES string of the molecule is COc1ccccc1OCCC1CC(C2CCN(c3nc(C)cc(C)n3)C2)NN1. The lowest BCUT2D eigenvalue weighted by Crippen LogP contribution is -2.38. The van der Waals surface area contributed by atoms with Crippen molar-refractivity contribution < 1.29 is 9.47 Å². The molecule has 0 saturated carbocycles. The van der Waals surface area contributed by atoms with E-state index in [1.165, 1.54) is 6.42 Å². The summed E-state index contributed by atoms with van der Waals surface area (Å²) < 4.78 is 11.3. The van der Waals surface area contributed by atoms with Gasteiger partial charge in [0.15, 0.2) is 11.5 Å². The maximum absolute atomic E-state index is 5.93. The van der Waals surface area contributed by atoms with Gasteiger partial charge in [0.1, 0.15) is 0 Å². The van der Waals surface area contributed by atoms with Crippen LogP contribution in [0.3, 0.4) is 0 Å². The molecule has 3 heterocycles. The lowest BCUT2D eigenvalue weighted by Gasteiger charge is -2.20. The van der Waals surface area contributed by atoms with Gasteiger partial charge < -0.3 is 14.4 Å². The largest absolute Gasteiger partial charge is 0.493 e. The smallest absolute Gasteiger partial charge is 0.225 e. The van der Waals surface area contributed by atoms with Gasteiger partial charge >= 0.3 is 0 Å². The summed E-state index contributed by atoms with van der Waals surface area (Å²) in [5.41, 5.74) is 9.05. The molecule has 0 aliphatic carbocycles. The second kappa shape index (κ2) is 8.97. The van der Waals surface area contributed by atoms with Crippen molar-refractivity contribution in [1.82, 2.24) is 20.8 Å². The fourth-order valence-electron chi connectivity index (χ4n) is 4.34. The van der Waals surface area contributed by atoms with E-state index in [2.05, 4.69) is 25.7 Å². The van der Waals surface area contributed by atoms with E-state index < -0.39 is 0 Å². The summed E-state index contributed by atoms with van der Waals surface area (Å²) in [5, 5.41) is 0. The molecule has 2 saturated heterocycles. The molecular formula is C22H31N5O2. The van der Waals surface area contributed by atoms with Gasteiger partial charge in [0.2, 0.25) is 5.95 Å². The number of hydrogen-bond acceptors (Lipinski definition) is 7. The first-order valence-corrected chi connectivity index (χ1v) is 10.5. The molecule has 2 fully saturated rings. The van der Waals surface area contributed by atoms with Gasteiger partial charge in [-0.15, -0.1) is 0 Å². The summed E-state index contributed by atoms with van der Waals surface area (Å²) in [4.78, 5) is 11.6. The first-order chi connectivity index (χ1) is 14.1. The molecule has 4 rings (SSSR count). The van der Waals surface area contributed by atoms with Crippen molar-refractivity contribution in [3.63, 3.8) is 0 Å². The van der Waals surface area contributed by atoms with Gasteiger partial charge in [-0.2, -0.15) is 0 Å². The average molecular weight is 398 g/mol. The van der Waals surface area contributed by atoms with Crippen LogP contribution < -0.4 is 25.2 Å². The zero-order valence-corrected chi connectivity index (χ0v) is 17.5. The standard InChI is InChI=1S/C22H31N5O2/c1-15-12-16(2)24-22(23-15)27-10-8-17(14-27)19-13-18(25-26-19)9-11-29-21-7-5-4-6-20(21)28-3/h4-7,12,17-19,25-26H,8-11,13-14H2,1-3H3. The van der Waals surface area contributed by atoms with Gasteiger partial charge in [-0.25, -0.2) is 9.97 Å². The Morgan fingerprint density at radius 1 is 1.10 bits per heavy atom. The number of anilines is 1. The van der Waals surface area contributed by atoms with Crippen molar-refractivity contribution in [2.45, 2.75) is 45.2 Å². The molecule has 2 N–H and O–H groups in total. The van der Waals surface area contributed by atoms with Crippen molar-refractivity contribution in [1.29, 1.82) is 0 Å². The molecule has 0 radical (unpaired) electrons.